The molecule has 1 amide bonds. The molecule has 4 aromatic rings. The fourth-order valence-corrected chi connectivity index (χ4v) is 8.83. The third kappa shape index (κ3) is 6.03. The van der Waals surface area contributed by atoms with Gasteiger partial charge >= 0.3 is 6.09 Å². The van der Waals surface area contributed by atoms with Crippen LogP contribution < -0.4 is 15.5 Å². The first-order valence-electron chi connectivity index (χ1n) is 17.3. The van der Waals surface area contributed by atoms with Gasteiger partial charge in [-0.1, -0.05) is 35.5 Å². The number of nitriles is 1. The molecule has 1 atom stereocenters. The van der Waals surface area contributed by atoms with E-state index in [0.29, 0.717) is 67.4 Å². The molecule has 260 valence electrons. The number of carbonyl (C=O) groups is 1. The maximum Gasteiger partial charge on any atom is 0.410 e. The SMILES string of the molecule is CC1(c2nc(-c3cc(N4CCN(C(=O)OCc5ccccc5)CC4)cc(N4CCC5(CC4)OCCO5)n3)no2)CCCc2sc(N)c(C#N)c21. The summed E-state index contributed by atoms with van der Waals surface area (Å²) in [5, 5.41) is 14.9. The Bertz CT molecular complexity index is 1900. The van der Waals surface area contributed by atoms with Crippen molar-refractivity contribution >= 4 is 33.9 Å². The Kier molecular flexibility index (Phi) is 8.58. The van der Waals surface area contributed by atoms with Gasteiger partial charge in [-0.2, -0.15) is 10.2 Å². The number of nitrogens with two attached hydrogens (primary N) is 1. The smallest absolute Gasteiger partial charge is 0.410 e. The first-order chi connectivity index (χ1) is 24.3. The zero-order chi connectivity index (χ0) is 34.3. The fraction of sp³-hybridized carbons (Fsp3) is 0.472. The molecule has 6 heterocycles. The summed E-state index contributed by atoms with van der Waals surface area (Å²) in [6.07, 6.45) is 3.75. The zero-order valence-electron chi connectivity index (χ0n) is 28.1. The van der Waals surface area contributed by atoms with Gasteiger partial charge in [0.25, 0.3) is 0 Å². The Morgan fingerprint density at radius 3 is 2.52 bits per heavy atom. The van der Waals surface area contributed by atoms with Crippen molar-refractivity contribution in [2.45, 2.75) is 56.8 Å². The van der Waals surface area contributed by atoms with Gasteiger partial charge in [0, 0.05) is 74.3 Å². The van der Waals surface area contributed by atoms with Gasteiger partial charge in [-0.05, 0) is 37.8 Å². The van der Waals surface area contributed by atoms with Gasteiger partial charge in [0.2, 0.25) is 11.7 Å². The molecular formula is C36H40N8O5S. The number of hydrogen-bond acceptors (Lipinski definition) is 13. The molecule has 50 heavy (non-hydrogen) atoms. The van der Waals surface area contributed by atoms with Crippen LogP contribution in [0, 0.1) is 11.3 Å². The summed E-state index contributed by atoms with van der Waals surface area (Å²) in [6.45, 7) is 7.32. The normalized spacial score (nSPS) is 21.6. The van der Waals surface area contributed by atoms with Crippen molar-refractivity contribution in [2.24, 2.45) is 0 Å². The number of amides is 1. The molecule has 0 bridgehead atoms. The topological polar surface area (TPSA) is 156 Å². The fourth-order valence-electron chi connectivity index (χ4n) is 7.64. The predicted octanol–water partition coefficient (Wildman–Crippen LogP) is 5.09. The summed E-state index contributed by atoms with van der Waals surface area (Å²) in [5.41, 5.74) is 9.57. The second-order valence-corrected chi connectivity index (χ2v) is 14.7. The number of piperazine rings is 1. The third-order valence-electron chi connectivity index (χ3n) is 10.4. The molecule has 13 nitrogen and oxygen atoms in total. The molecule has 3 fully saturated rings. The average molecular weight is 697 g/mol. The lowest BCUT2D eigenvalue weighted by atomic mass is 9.72. The minimum absolute atomic E-state index is 0.245. The quantitative estimate of drug-likeness (QED) is 0.285. The van der Waals surface area contributed by atoms with Gasteiger partial charge in [-0.3, -0.25) is 0 Å². The highest BCUT2D eigenvalue weighted by Gasteiger charge is 2.43. The number of rotatable bonds is 6. The van der Waals surface area contributed by atoms with E-state index in [2.05, 4.69) is 34.0 Å². The Morgan fingerprint density at radius 2 is 1.78 bits per heavy atom. The molecule has 4 aliphatic rings. The van der Waals surface area contributed by atoms with E-state index in [4.69, 9.17) is 34.4 Å². The van der Waals surface area contributed by atoms with E-state index in [1.54, 1.807) is 4.90 Å². The summed E-state index contributed by atoms with van der Waals surface area (Å²) in [4.78, 5) is 30.3. The number of carbonyl (C=O) groups excluding carboxylic acids is 1. The van der Waals surface area contributed by atoms with Gasteiger partial charge in [0.05, 0.1) is 24.2 Å². The number of nitrogens with zero attached hydrogens (tertiary/aromatic N) is 7. The van der Waals surface area contributed by atoms with Crippen LogP contribution in [0.15, 0.2) is 47.0 Å². The van der Waals surface area contributed by atoms with Crippen molar-refractivity contribution in [1.82, 2.24) is 20.0 Å². The molecule has 0 saturated carbocycles. The Morgan fingerprint density at radius 1 is 1.02 bits per heavy atom. The number of hydrogen-bond donors (Lipinski definition) is 1. The highest BCUT2D eigenvalue weighted by molar-refractivity contribution is 7.16. The monoisotopic (exact) mass is 696 g/mol. The van der Waals surface area contributed by atoms with Crippen molar-refractivity contribution in [3.05, 3.63) is 69.9 Å². The predicted molar refractivity (Wildman–Crippen MR) is 187 cm³/mol. The van der Waals surface area contributed by atoms with Crippen LogP contribution in [0.2, 0.25) is 0 Å². The van der Waals surface area contributed by atoms with Gasteiger partial charge < -0.3 is 39.2 Å². The lowest BCUT2D eigenvalue weighted by Crippen LogP contribution is -2.49. The molecule has 1 aromatic carbocycles. The van der Waals surface area contributed by atoms with E-state index < -0.39 is 11.2 Å². The van der Waals surface area contributed by atoms with Crippen molar-refractivity contribution < 1.29 is 23.5 Å². The van der Waals surface area contributed by atoms with Crippen LogP contribution in [-0.2, 0) is 32.7 Å². The van der Waals surface area contributed by atoms with E-state index in [1.807, 2.05) is 36.4 Å². The number of fused-ring (bicyclic) bond motifs is 1. The number of aryl methyl sites for hydroxylation is 1. The summed E-state index contributed by atoms with van der Waals surface area (Å²) in [7, 11) is 0. The van der Waals surface area contributed by atoms with Gasteiger partial charge in [0.15, 0.2) is 5.79 Å². The molecule has 1 unspecified atom stereocenters. The number of anilines is 3. The second kappa shape index (κ2) is 13.2. The number of benzene rings is 1. The Labute approximate surface area is 294 Å². The van der Waals surface area contributed by atoms with E-state index in [0.717, 1.165) is 72.7 Å². The number of aromatic nitrogens is 3. The minimum Gasteiger partial charge on any atom is -0.445 e. The highest BCUT2D eigenvalue weighted by atomic mass is 32.1. The van der Waals surface area contributed by atoms with Crippen molar-refractivity contribution in [2.75, 3.05) is 68.0 Å². The van der Waals surface area contributed by atoms with Crippen molar-refractivity contribution in [3.63, 3.8) is 0 Å². The lowest BCUT2D eigenvalue weighted by molar-refractivity contribution is -0.169. The van der Waals surface area contributed by atoms with Gasteiger partial charge in [0.1, 0.15) is 29.2 Å². The number of nitrogen functional groups attached to an aromatic ring is 1. The van der Waals surface area contributed by atoms with Crippen LogP contribution >= 0.6 is 11.3 Å². The average Bonchev–Trinajstić information content (AvgIpc) is 3.91. The second-order valence-electron chi connectivity index (χ2n) is 13.5. The molecule has 3 aromatic heterocycles. The molecule has 8 rings (SSSR count). The standard InChI is InChI=1S/C36H40N8O5S/c1-35(9-5-8-28-30(35)26(22-37)31(38)50-28)33-40-32(41-49-33)27-20-25(21-29(39-27)43-12-10-36(11-13-43)47-18-19-48-36)42-14-16-44(17-15-42)34(45)46-23-24-6-3-2-4-7-24/h2-4,6-7,20-21H,5,8-19,23,38H2,1H3. The maximum atomic E-state index is 12.9. The van der Waals surface area contributed by atoms with Crippen LogP contribution in [0.25, 0.3) is 11.5 Å². The van der Waals surface area contributed by atoms with Crippen molar-refractivity contribution in [1.29, 1.82) is 5.26 Å². The molecule has 1 spiro atoms. The molecule has 3 aliphatic heterocycles. The maximum absolute atomic E-state index is 12.9. The molecule has 0 radical (unpaired) electrons. The number of pyridine rings is 1. The lowest BCUT2D eigenvalue weighted by Gasteiger charge is -2.39. The number of ether oxygens (including phenoxy) is 3. The van der Waals surface area contributed by atoms with Crippen LogP contribution in [0.5, 0.6) is 0 Å². The first-order valence-corrected chi connectivity index (χ1v) is 18.1. The van der Waals surface area contributed by atoms with Crippen LogP contribution in [-0.4, -0.2) is 84.4 Å². The third-order valence-corrected chi connectivity index (χ3v) is 11.5. The molecule has 14 heteroatoms. The molecule has 3 saturated heterocycles. The van der Waals surface area contributed by atoms with Gasteiger partial charge in [-0.25, -0.2) is 9.78 Å². The van der Waals surface area contributed by atoms with Crippen molar-refractivity contribution in [3.8, 4) is 17.6 Å². The van der Waals surface area contributed by atoms with E-state index in [1.165, 1.54) is 11.3 Å². The molecule has 1 aliphatic carbocycles. The molecule has 2 N–H and O–H groups in total. The van der Waals surface area contributed by atoms with E-state index in [9.17, 15) is 10.1 Å². The Hall–Kier alpha value is -4.71. The first kappa shape index (κ1) is 32.5. The largest absolute Gasteiger partial charge is 0.445 e. The van der Waals surface area contributed by atoms with Crippen LogP contribution in [0.4, 0.5) is 21.3 Å². The summed E-state index contributed by atoms with van der Waals surface area (Å²) < 4.78 is 23.6. The summed E-state index contributed by atoms with van der Waals surface area (Å²) >= 11 is 1.48. The molecular weight excluding hydrogens is 657 g/mol. The van der Waals surface area contributed by atoms with Crippen LogP contribution in [0.1, 0.15) is 60.1 Å². The Balaban J connectivity index is 1.05. The number of piperidine rings is 1. The van der Waals surface area contributed by atoms with E-state index >= 15 is 0 Å². The van der Waals surface area contributed by atoms with E-state index in [-0.39, 0.29) is 12.7 Å². The zero-order valence-corrected chi connectivity index (χ0v) is 28.9. The summed E-state index contributed by atoms with van der Waals surface area (Å²) in [6, 6.07) is 16.1. The highest BCUT2D eigenvalue weighted by Crippen LogP contribution is 2.48. The van der Waals surface area contributed by atoms with Gasteiger partial charge in [-0.15, -0.1) is 11.3 Å². The van der Waals surface area contributed by atoms with Crippen LogP contribution in [0.3, 0.4) is 0 Å². The number of thiophene rings is 1. The minimum atomic E-state index is -0.633. The summed E-state index contributed by atoms with van der Waals surface area (Å²) in [5.74, 6) is 1.14.